The molecule has 1 aliphatic rings. The van der Waals surface area contributed by atoms with Crippen LogP contribution in [0.5, 0.6) is 5.75 Å². The minimum Gasteiger partial charge on any atom is -0.494 e. The minimum absolute atomic E-state index is 0.569. The van der Waals surface area contributed by atoms with Gasteiger partial charge in [-0.1, -0.05) is 36.4 Å². The Labute approximate surface area is 141 Å². The lowest BCUT2D eigenvalue weighted by Gasteiger charge is -2.24. The van der Waals surface area contributed by atoms with Crippen LogP contribution in [0.15, 0.2) is 48.5 Å². The van der Waals surface area contributed by atoms with E-state index in [9.17, 15) is 9.90 Å². The Kier molecular flexibility index (Phi) is 5.13. The molecule has 0 saturated heterocycles. The van der Waals surface area contributed by atoms with Crippen molar-refractivity contribution in [2.24, 2.45) is 5.73 Å². The van der Waals surface area contributed by atoms with E-state index in [2.05, 4.69) is 12.1 Å². The van der Waals surface area contributed by atoms with Crippen LogP contribution in [0, 0.1) is 0 Å². The highest BCUT2D eigenvalue weighted by atomic mass is 16.5. The summed E-state index contributed by atoms with van der Waals surface area (Å²) in [5.74, 6) is -0.0966. The van der Waals surface area contributed by atoms with E-state index in [-0.39, 0.29) is 0 Å². The normalized spacial score (nSPS) is 15.0. The second kappa shape index (κ2) is 7.47. The van der Waals surface area contributed by atoms with E-state index in [0.29, 0.717) is 26.2 Å². The Morgan fingerprint density at radius 1 is 1.12 bits per heavy atom. The van der Waals surface area contributed by atoms with Gasteiger partial charge in [0.1, 0.15) is 11.8 Å². The third-order valence-corrected chi connectivity index (χ3v) is 4.28. The molecule has 0 amide bonds. The van der Waals surface area contributed by atoms with Gasteiger partial charge in [0.05, 0.1) is 6.61 Å². The number of rotatable bonds is 7. The first kappa shape index (κ1) is 16.5. The number of aliphatic carboxylic acids is 1. The van der Waals surface area contributed by atoms with Crippen LogP contribution in [0.3, 0.4) is 0 Å². The van der Waals surface area contributed by atoms with Crippen molar-refractivity contribution >= 4 is 5.97 Å². The third-order valence-electron chi connectivity index (χ3n) is 4.28. The molecule has 0 fully saturated rings. The molecule has 3 N–H and O–H groups in total. The lowest BCUT2D eigenvalue weighted by atomic mass is 10.1. The molecule has 0 unspecified atom stereocenters. The minimum atomic E-state index is -0.834. The molecule has 126 valence electrons. The van der Waals surface area contributed by atoms with Gasteiger partial charge >= 0.3 is 5.97 Å². The molecular weight excluding hydrogens is 304 g/mol. The van der Waals surface area contributed by atoms with Crippen LogP contribution in [-0.4, -0.2) is 29.1 Å². The van der Waals surface area contributed by atoms with E-state index < -0.39 is 12.0 Å². The maximum Gasteiger partial charge on any atom is 0.325 e. The monoisotopic (exact) mass is 326 g/mol. The molecule has 5 heteroatoms. The zero-order valence-corrected chi connectivity index (χ0v) is 13.5. The van der Waals surface area contributed by atoms with Gasteiger partial charge in [-0.25, -0.2) is 0 Å². The van der Waals surface area contributed by atoms with Crippen LogP contribution in [-0.2, 0) is 17.9 Å². The first-order valence-corrected chi connectivity index (χ1v) is 8.15. The average molecular weight is 326 g/mol. The summed E-state index contributed by atoms with van der Waals surface area (Å²) in [7, 11) is 0. The number of carbonyl (C=O) groups is 1. The molecule has 2 aromatic rings. The Bertz CT molecular complexity index is 675. The van der Waals surface area contributed by atoms with Crippen molar-refractivity contribution in [3.8, 4) is 5.75 Å². The molecule has 1 atom stereocenters. The molecule has 5 nitrogen and oxygen atoms in total. The van der Waals surface area contributed by atoms with Gasteiger partial charge in [-0.3, -0.25) is 9.69 Å². The van der Waals surface area contributed by atoms with Gasteiger partial charge in [0.15, 0.2) is 0 Å². The van der Waals surface area contributed by atoms with Crippen LogP contribution in [0.2, 0.25) is 0 Å². The summed E-state index contributed by atoms with van der Waals surface area (Å²) in [6.45, 7) is 2.47. The number of carboxylic acid groups (broad SMARTS) is 1. The van der Waals surface area contributed by atoms with Gasteiger partial charge in [0.25, 0.3) is 0 Å². The fraction of sp³-hybridized carbons (Fsp3) is 0.316. The van der Waals surface area contributed by atoms with Gasteiger partial charge in [-0.2, -0.15) is 0 Å². The number of carboxylic acids is 1. The maximum absolute atomic E-state index is 11.8. The molecule has 0 aromatic heterocycles. The van der Waals surface area contributed by atoms with Crippen LogP contribution >= 0.6 is 0 Å². The number of fused-ring (bicyclic) bond motifs is 1. The molecule has 0 radical (unpaired) electrons. The molecule has 1 aliphatic heterocycles. The molecule has 0 bridgehead atoms. The average Bonchev–Trinajstić information content (AvgIpc) is 2.99. The maximum atomic E-state index is 11.8. The third kappa shape index (κ3) is 3.58. The zero-order chi connectivity index (χ0) is 16.9. The number of benzene rings is 2. The van der Waals surface area contributed by atoms with Crippen molar-refractivity contribution in [2.45, 2.75) is 25.6 Å². The fourth-order valence-electron chi connectivity index (χ4n) is 3.07. The second-order valence-electron chi connectivity index (χ2n) is 5.97. The van der Waals surface area contributed by atoms with E-state index in [1.807, 2.05) is 41.3 Å². The first-order chi connectivity index (χ1) is 11.7. The summed E-state index contributed by atoms with van der Waals surface area (Å²) in [5, 5.41) is 9.72. The van der Waals surface area contributed by atoms with Crippen molar-refractivity contribution in [3.05, 3.63) is 65.2 Å². The van der Waals surface area contributed by atoms with Crippen LogP contribution in [0.25, 0.3) is 0 Å². The lowest BCUT2D eigenvalue weighted by Crippen LogP contribution is -2.29. The van der Waals surface area contributed by atoms with Gasteiger partial charge in [-0.05, 0) is 41.8 Å². The summed E-state index contributed by atoms with van der Waals surface area (Å²) in [6.07, 6.45) is 0.797. The number of nitrogens with zero attached hydrogens (tertiary/aromatic N) is 1. The molecule has 2 aromatic carbocycles. The summed E-state index contributed by atoms with van der Waals surface area (Å²) in [4.78, 5) is 13.8. The van der Waals surface area contributed by atoms with E-state index in [1.165, 1.54) is 11.1 Å². The van der Waals surface area contributed by atoms with Gasteiger partial charge in [0, 0.05) is 13.1 Å². The Morgan fingerprint density at radius 2 is 1.75 bits per heavy atom. The van der Waals surface area contributed by atoms with E-state index >= 15 is 0 Å². The van der Waals surface area contributed by atoms with E-state index in [1.54, 1.807) is 0 Å². The lowest BCUT2D eigenvalue weighted by molar-refractivity contribution is -0.143. The molecule has 1 heterocycles. The summed E-state index contributed by atoms with van der Waals surface area (Å²) in [5.41, 5.74) is 8.61. The SMILES string of the molecule is NCCCOc1ccc([C@@H](C(=O)O)N2Cc3ccccc3C2)cc1. The summed E-state index contributed by atoms with van der Waals surface area (Å²) in [6, 6.07) is 14.8. The summed E-state index contributed by atoms with van der Waals surface area (Å²) < 4.78 is 5.58. The van der Waals surface area contributed by atoms with Crippen LogP contribution < -0.4 is 10.5 Å². The van der Waals surface area contributed by atoms with Crippen molar-refractivity contribution in [3.63, 3.8) is 0 Å². The molecular formula is C19H22N2O3. The van der Waals surface area contributed by atoms with Gasteiger partial charge in [-0.15, -0.1) is 0 Å². The molecule has 24 heavy (non-hydrogen) atoms. The van der Waals surface area contributed by atoms with Gasteiger partial charge in [0.2, 0.25) is 0 Å². The predicted octanol–water partition coefficient (Wildman–Crippen LogP) is 2.56. The van der Waals surface area contributed by atoms with Crippen LogP contribution in [0.1, 0.15) is 29.2 Å². The molecule has 3 rings (SSSR count). The standard InChI is InChI=1S/C19H22N2O3/c20-10-3-11-24-17-8-6-14(7-9-17)18(19(22)23)21-12-15-4-1-2-5-16(15)13-21/h1-2,4-9,18H,3,10-13,20H2,(H,22,23)/t18-/m0/s1. The highest BCUT2D eigenvalue weighted by Crippen LogP contribution is 2.32. The Hall–Kier alpha value is -2.37. The smallest absolute Gasteiger partial charge is 0.325 e. The van der Waals surface area contributed by atoms with Crippen molar-refractivity contribution < 1.29 is 14.6 Å². The quantitative estimate of drug-likeness (QED) is 0.765. The summed E-state index contributed by atoms with van der Waals surface area (Å²) >= 11 is 0. The van der Waals surface area contributed by atoms with Gasteiger partial charge < -0.3 is 15.6 Å². The highest BCUT2D eigenvalue weighted by Gasteiger charge is 2.31. The fourth-order valence-corrected chi connectivity index (χ4v) is 3.07. The van der Waals surface area contributed by atoms with Crippen molar-refractivity contribution in [1.29, 1.82) is 0 Å². The topological polar surface area (TPSA) is 75.8 Å². The van der Waals surface area contributed by atoms with Crippen molar-refractivity contribution in [1.82, 2.24) is 4.90 Å². The number of nitrogens with two attached hydrogens (primary N) is 1. The first-order valence-electron chi connectivity index (χ1n) is 8.15. The number of ether oxygens (including phenoxy) is 1. The Balaban J connectivity index is 1.74. The second-order valence-corrected chi connectivity index (χ2v) is 5.97. The highest BCUT2D eigenvalue weighted by molar-refractivity contribution is 5.75. The largest absolute Gasteiger partial charge is 0.494 e. The van der Waals surface area contributed by atoms with E-state index in [0.717, 1.165) is 17.7 Å². The number of hydrogen-bond donors (Lipinski definition) is 2. The zero-order valence-electron chi connectivity index (χ0n) is 13.5. The Morgan fingerprint density at radius 3 is 2.29 bits per heavy atom. The molecule has 0 spiro atoms. The number of hydrogen-bond acceptors (Lipinski definition) is 4. The predicted molar refractivity (Wildman–Crippen MR) is 91.7 cm³/mol. The van der Waals surface area contributed by atoms with Crippen LogP contribution in [0.4, 0.5) is 0 Å². The molecule has 0 aliphatic carbocycles. The van der Waals surface area contributed by atoms with E-state index in [4.69, 9.17) is 10.5 Å². The van der Waals surface area contributed by atoms with Crippen molar-refractivity contribution in [2.75, 3.05) is 13.2 Å². The molecule has 0 saturated carbocycles.